The maximum Gasteiger partial charge on any atom is 0.224 e. The molecule has 4 nitrogen and oxygen atoms in total. The molecule has 0 saturated carbocycles. The summed E-state index contributed by atoms with van der Waals surface area (Å²) in [6.07, 6.45) is 0.771. The van der Waals surface area contributed by atoms with E-state index in [1.54, 1.807) is 25.3 Å². The van der Waals surface area contributed by atoms with Crippen LogP contribution in [-0.2, 0) is 4.79 Å². The molecule has 0 aliphatic rings. The molecule has 0 spiro atoms. The highest BCUT2D eigenvalue weighted by atomic mass is 79.9. The first-order valence-corrected chi connectivity index (χ1v) is 5.71. The van der Waals surface area contributed by atoms with E-state index >= 15 is 0 Å². The monoisotopic (exact) mass is 287 g/mol. The molecule has 0 bridgehead atoms. The first kappa shape index (κ1) is 13.0. The van der Waals surface area contributed by atoms with Crippen LogP contribution in [0.5, 0.6) is 5.75 Å². The number of carbonyl (C=O) groups excluding carboxylic acids is 1. The van der Waals surface area contributed by atoms with Crippen molar-refractivity contribution in [2.45, 2.75) is 12.8 Å². The topological polar surface area (TPSA) is 58.6 Å². The Bertz CT molecular complexity index is 368. The molecule has 0 unspecified atom stereocenters. The number of nitrogens with one attached hydrogen (secondary N) is 1. The Morgan fingerprint density at radius 1 is 1.56 bits per heavy atom. The Hall–Kier alpha value is -1.07. The van der Waals surface area contributed by atoms with Crippen LogP contribution in [0.4, 0.5) is 5.69 Å². The third-order valence-corrected chi connectivity index (χ3v) is 2.70. The van der Waals surface area contributed by atoms with Gasteiger partial charge in [0, 0.05) is 23.6 Å². The lowest BCUT2D eigenvalue weighted by Crippen LogP contribution is -2.12. The fourth-order valence-corrected chi connectivity index (χ4v) is 1.53. The zero-order valence-corrected chi connectivity index (χ0v) is 10.6. The van der Waals surface area contributed by atoms with Crippen molar-refractivity contribution < 1.29 is 14.6 Å². The van der Waals surface area contributed by atoms with E-state index in [2.05, 4.69) is 21.2 Å². The second-order valence-electron chi connectivity index (χ2n) is 3.22. The van der Waals surface area contributed by atoms with Crippen LogP contribution >= 0.6 is 15.9 Å². The minimum atomic E-state index is -0.122. The normalized spacial score (nSPS) is 9.94. The molecule has 2 N–H and O–H groups in total. The van der Waals surface area contributed by atoms with Crippen LogP contribution in [0.1, 0.15) is 12.8 Å². The van der Waals surface area contributed by atoms with Crippen molar-refractivity contribution in [1.29, 1.82) is 0 Å². The first-order valence-electron chi connectivity index (χ1n) is 4.91. The Morgan fingerprint density at radius 2 is 2.31 bits per heavy atom. The van der Waals surface area contributed by atoms with E-state index in [4.69, 9.17) is 9.84 Å². The van der Waals surface area contributed by atoms with Crippen LogP contribution in [0.3, 0.4) is 0 Å². The summed E-state index contributed by atoms with van der Waals surface area (Å²) in [4.78, 5) is 11.4. The highest BCUT2D eigenvalue weighted by Crippen LogP contribution is 2.27. The van der Waals surface area contributed by atoms with E-state index < -0.39 is 0 Å². The average molecular weight is 288 g/mol. The largest absolute Gasteiger partial charge is 0.497 e. The Labute approximate surface area is 103 Å². The van der Waals surface area contributed by atoms with Gasteiger partial charge >= 0.3 is 0 Å². The van der Waals surface area contributed by atoms with Crippen LogP contribution in [0.25, 0.3) is 0 Å². The van der Waals surface area contributed by atoms with Crippen LogP contribution in [0, 0.1) is 0 Å². The van der Waals surface area contributed by atoms with Crippen molar-refractivity contribution in [3.05, 3.63) is 22.7 Å². The van der Waals surface area contributed by atoms with Gasteiger partial charge in [0.1, 0.15) is 5.75 Å². The molecule has 0 aliphatic heterocycles. The van der Waals surface area contributed by atoms with Crippen molar-refractivity contribution in [2.24, 2.45) is 0 Å². The number of aliphatic hydroxyl groups is 1. The lowest BCUT2D eigenvalue weighted by Gasteiger charge is -2.08. The molecular weight excluding hydrogens is 274 g/mol. The van der Waals surface area contributed by atoms with Crippen molar-refractivity contribution in [3.8, 4) is 5.75 Å². The van der Waals surface area contributed by atoms with E-state index in [1.807, 2.05) is 0 Å². The summed E-state index contributed by atoms with van der Waals surface area (Å²) in [5.41, 5.74) is 0.669. The number of benzene rings is 1. The van der Waals surface area contributed by atoms with Gasteiger partial charge in [0.05, 0.1) is 12.8 Å². The minimum absolute atomic E-state index is 0.0205. The summed E-state index contributed by atoms with van der Waals surface area (Å²) in [5, 5.41) is 11.4. The molecule has 0 saturated heterocycles. The molecule has 0 fully saturated rings. The number of hydrogen-bond acceptors (Lipinski definition) is 3. The number of anilines is 1. The van der Waals surface area contributed by atoms with Gasteiger partial charge in [-0.2, -0.15) is 0 Å². The lowest BCUT2D eigenvalue weighted by atomic mass is 10.2. The maximum absolute atomic E-state index is 11.4. The molecule has 0 aliphatic carbocycles. The number of amides is 1. The van der Waals surface area contributed by atoms with Crippen molar-refractivity contribution in [3.63, 3.8) is 0 Å². The molecule has 1 amide bonds. The van der Waals surface area contributed by atoms with Crippen LogP contribution in [0.15, 0.2) is 22.7 Å². The first-order chi connectivity index (χ1) is 7.67. The zero-order valence-electron chi connectivity index (χ0n) is 9.00. The number of hydrogen-bond donors (Lipinski definition) is 2. The smallest absolute Gasteiger partial charge is 0.224 e. The molecule has 1 aromatic rings. The van der Waals surface area contributed by atoms with Gasteiger partial charge in [0.2, 0.25) is 5.91 Å². The third kappa shape index (κ3) is 3.83. The lowest BCUT2D eigenvalue weighted by molar-refractivity contribution is -0.116. The predicted octanol–water partition coefficient (Wildman–Crippen LogP) is 2.17. The van der Waals surface area contributed by atoms with Gasteiger partial charge in [0.15, 0.2) is 0 Å². The predicted molar refractivity (Wildman–Crippen MR) is 65.6 cm³/mol. The summed E-state index contributed by atoms with van der Waals surface area (Å²) >= 11 is 3.34. The van der Waals surface area contributed by atoms with E-state index in [0.717, 1.165) is 4.47 Å². The average Bonchev–Trinajstić information content (AvgIpc) is 2.29. The van der Waals surface area contributed by atoms with Gasteiger partial charge in [-0.15, -0.1) is 0 Å². The highest BCUT2D eigenvalue weighted by molar-refractivity contribution is 9.10. The summed E-state index contributed by atoms with van der Waals surface area (Å²) in [7, 11) is 1.57. The molecule has 5 heteroatoms. The fraction of sp³-hybridized carbons (Fsp3) is 0.364. The Morgan fingerprint density at radius 3 is 2.94 bits per heavy atom. The van der Waals surface area contributed by atoms with Crippen molar-refractivity contribution in [1.82, 2.24) is 0 Å². The third-order valence-electron chi connectivity index (χ3n) is 2.01. The van der Waals surface area contributed by atoms with Crippen LogP contribution in [0.2, 0.25) is 0 Å². The molecule has 0 atom stereocenters. The number of ether oxygens (including phenoxy) is 1. The Balaban J connectivity index is 2.68. The van der Waals surface area contributed by atoms with Gasteiger partial charge in [-0.05, 0) is 34.5 Å². The van der Waals surface area contributed by atoms with Gasteiger partial charge < -0.3 is 15.2 Å². The molecule has 16 heavy (non-hydrogen) atoms. The second-order valence-corrected chi connectivity index (χ2v) is 4.08. The summed E-state index contributed by atoms with van der Waals surface area (Å²) in [5.74, 6) is 0.559. The quantitative estimate of drug-likeness (QED) is 0.873. The van der Waals surface area contributed by atoms with Crippen LogP contribution < -0.4 is 10.1 Å². The second kappa shape index (κ2) is 6.50. The molecule has 1 aromatic carbocycles. The Kier molecular flexibility index (Phi) is 5.28. The molecule has 0 heterocycles. The van der Waals surface area contributed by atoms with E-state index in [-0.39, 0.29) is 12.5 Å². The minimum Gasteiger partial charge on any atom is -0.497 e. The zero-order chi connectivity index (χ0) is 12.0. The van der Waals surface area contributed by atoms with E-state index in [0.29, 0.717) is 24.3 Å². The van der Waals surface area contributed by atoms with Gasteiger partial charge in [-0.25, -0.2) is 0 Å². The molecule has 0 aromatic heterocycles. The van der Waals surface area contributed by atoms with Crippen LogP contribution in [-0.4, -0.2) is 24.7 Å². The van der Waals surface area contributed by atoms with Crippen molar-refractivity contribution >= 4 is 27.5 Å². The number of halogens is 1. The molecule has 1 rings (SSSR count). The van der Waals surface area contributed by atoms with Gasteiger partial charge in [0.25, 0.3) is 0 Å². The molecule has 88 valence electrons. The maximum atomic E-state index is 11.4. The van der Waals surface area contributed by atoms with E-state index in [1.165, 1.54) is 0 Å². The van der Waals surface area contributed by atoms with E-state index in [9.17, 15) is 4.79 Å². The number of methoxy groups -OCH3 is 1. The summed E-state index contributed by atoms with van der Waals surface area (Å²) in [6.45, 7) is 0.0205. The molecule has 0 radical (unpaired) electrons. The summed E-state index contributed by atoms with van der Waals surface area (Å²) in [6, 6.07) is 5.34. The highest BCUT2D eigenvalue weighted by Gasteiger charge is 2.06. The van der Waals surface area contributed by atoms with Crippen molar-refractivity contribution in [2.75, 3.05) is 19.0 Å². The number of rotatable bonds is 5. The van der Waals surface area contributed by atoms with Gasteiger partial charge in [-0.1, -0.05) is 0 Å². The summed E-state index contributed by atoms with van der Waals surface area (Å²) < 4.78 is 5.86. The van der Waals surface area contributed by atoms with Gasteiger partial charge in [-0.3, -0.25) is 4.79 Å². The SMILES string of the molecule is COc1ccc(Br)c(NC(=O)CCCO)c1. The number of aliphatic hydroxyl groups excluding tert-OH is 1. The molecular formula is C11H14BrNO3. The fourth-order valence-electron chi connectivity index (χ4n) is 1.18. The standard InChI is InChI=1S/C11H14BrNO3/c1-16-8-4-5-9(12)10(7-8)13-11(15)3-2-6-14/h4-5,7,14H,2-3,6H2,1H3,(H,13,15). The number of carbonyl (C=O) groups is 1.